The Labute approximate surface area is 120 Å². The minimum absolute atomic E-state index is 0.0540. The summed E-state index contributed by atoms with van der Waals surface area (Å²) < 4.78 is 36.7. The molecular weight excluding hydrogens is 280 g/mol. The Balaban J connectivity index is 2.97. The van der Waals surface area contributed by atoms with E-state index in [1.165, 1.54) is 26.4 Å². The number of methoxy groups -OCH3 is 2. The van der Waals surface area contributed by atoms with Crippen molar-refractivity contribution in [1.82, 2.24) is 0 Å². The molecule has 114 valence electrons. The molecule has 0 aliphatic heterocycles. The number of ether oxygens (including phenoxy) is 2. The van der Waals surface area contributed by atoms with E-state index in [1.54, 1.807) is 0 Å². The number of nitrogens with two attached hydrogens (primary N) is 1. The first-order valence-corrected chi connectivity index (χ1v) is 7.96. The molecule has 0 fully saturated rings. The van der Waals surface area contributed by atoms with Gasteiger partial charge in [-0.2, -0.15) is 0 Å². The van der Waals surface area contributed by atoms with Crippen molar-refractivity contribution < 1.29 is 17.9 Å². The van der Waals surface area contributed by atoms with Crippen molar-refractivity contribution in [3.63, 3.8) is 0 Å². The van der Waals surface area contributed by atoms with E-state index >= 15 is 0 Å². The molecule has 7 heteroatoms. The Morgan fingerprint density at radius 1 is 1.20 bits per heavy atom. The maximum absolute atomic E-state index is 12.0. The second-order valence-corrected chi connectivity index (χ2v) is 6.74. The lowest BCUT2D eigenvalue weighted by Gasteiger charge is -2.14. The number of hydrogen-bond donors (Lipinski definition) is 2. The summed E-state index contributed by atoms with van der Waals surface area (Å²) in [4.78, 5) is 0. The van der Waals surface area contributed by atoms with Crippen LogP contribution in [0, 0.1) is 5.92 Å². The van der Waals surface area contributed by atoms with E-state index in [4.69, 9.17) is 15.2 Å². The van der Waals surface area contributed by atoms with E-state index in [0.717, 1.165) is 0 Å². The number of hydrogen-bond acceptors (Lipinski definition) is 5. The van der Waals surface area contributed by atoms with E-state index in [-0.39, 0.29) is 11.4 Å². The molecule has 0 atom stereocenters. The van der Waals surface area contributed by atoms with Gasteiger partial charge < -0.3 is 15.2 Å². The van der Waals surface area contributed by atoms with Crippen LogP contribution in [0.2, 0.25) is 0 Å². The van der Waals surface area contributed by atoms with Crippen molar-refractivity contribution in [2.24, 2.45) is 5.92 Å². The van der Waals surface area contributed by atoms with E-state index in [2.05, 4.69) is 4.72 Å². The average molecular weight is 302 g/mol. The maximum Gasteiger partial charge on any atom is 0.232 e. The summed E-state index contributed by atoms with van der Waals surface area (Å²) in [7, 11) is -0.456. The molecule has 0 bridgehead atoms. The molecule has 0 heterocycles. The van der Waals surface area contributed by atoms with Gasteiger partial charge in [0.1, 0.15) is 0 Å². The third-order valence-corrected chi connectivity index (χ3v) is 4.09. The fourth-order valence-corrected chi connectivity index (χ4v) is 2.99. The van der Waals surface area contributed by atoms with Crippen LogP contribution < -0.4 is 19.9 Å². The van der Waals surface area contributed by atoms with Crippen LogP contribution in [0.5, 0.6) is 11.5 Å². The van der Waals surface area contributed by atoms with Crippen molar-refractivity contribution in [3.8, 4) is 11.5 Å². The molecule has 0 radical (unpaired) electrons. The summed E-state index contributed by atoms with van der Waals surface area (Å²) in [5.74, 6) is 1.24. The lowest BCUT2D eigenvalue weighted by molar-refractivity contribution is 0.355. The van der Waals surface area contributed by atoms with Gasteiger partial charge in [-0.1, -0.05) is 13.8 Å². The van der Waals surface area contributed by atoms with Gasteiger partial charge in [-0.3, -0.25) is 4.72 Å². The Hall–Kier alpha value is -1.63. The highest BCUT2D eigenvalue weighted by atomic mass is 32.2. The summed E-state index contributed by atoms with van der Waals surface area (Å²) in [5.41, 5.74) is 6.41. The van der Waals surface area contributed by atoms with Crippen LogP contribution in [0.15, 0.2) is 12.1 Å². The second kappa shape index (κ2) is 6.69. The van der Waals surface area contributed by atoms with Gasteiger partial charge in [0.05, 0.1) is 31.3 Å². The zero-order valence-electron chi connectivity index (χ0n) is 12.3. The molecular formula is C13H22N2O4S. The van der Waals surface area contributed by atoms with Crippen LogP contribution in [0.25, 0.3) is 0 Å². The number of benzene rings is 1. The highest BCUT2D eigenvalue weighted by Crippen LogP contribution is 2.35. The maximum atomic E-state index is 12.0. The Kier molecular flexibility index (Phi) is 5.50. The predicted molar refractivity (Wildman–Crippen MR) is 80.8 cm³/mol. The standard InChI is InChI=1S/C13H22N2O4S/c1-9(2)5-6-20(16,17)15-11-8-13(19-4)12(18-3)7-10(11)14/h7-9,15H,5-6,14H2,1-4H3. The van der Waals surface area contributed by atoms with Crippen molar-refractivity contribution in [3.05, 3.63) is 12.1 Å². The molecule has 1 aromatic rings. The lowest BCUT2D eigenvalue weighted by Crippen LogP contribution is -2.18. The smallest absolute Gasteiger partial charge is 0.232 e. The number of rotatable bonds is 7. The number of anilines is 2. The normalized spacial score (nSPS) is 11.4. The highest BCUT2D eigenvalue weighted by molar-refractivity contribution is 7.92. The predicted octanol–water partition coefficient (Wildman–Crippen LogP) is 2.07. The van der Waals surface area contributed by atoms with Crippen LogP contribution in [-0.4, -0.2) is 28.4 Å². The second-order valence-electron chi connectivity index (χ2n) is 4.90. The molecule has 3 N–H and O–H groups in total. The molecule has 0 saturated carbocycles. The van der Waals surface area contributed by atoms with Crippen molar-refractivity contribution in [2.75, 3.05) is 30.4 Å². The van der Waals surface area contributed by atoms with Crippen molar-refractivity contribution >= 4 is 21.4 Å². The lowest BCUT2D eigenvalue weighted by atomic mass is 10.2. The fourth-order valence-electron chi connectivity index (χ4n) is 1.59. The molecule has 0 aliphatic rings. The summed E-state index contributed by atoms with van der Waals surface area (Å²) in [6.07, 6.45) is 0.586. The number of sulfonamides is 1. The first-order valence-electron chi connectivity index (χ1n) is 6.31. The molecule has 1 aromatic carbocycles. The van der Waals surface area contributed by atoms with Gasteiger partial charge in [0.25, 0.3) is 0 Å². The monoisotopic (exact) mass is 302 g/mol. The first-order chi connectivity index (χ1) is 9.29. The average Bonchev–Trinajstić information content (AvgIpc) is 2.38. The zero-order valence-corrected chi connectivity index (χ0v) is 13.1. The summed E-state index contributed by atoms with van der Waals surface area (Å²) in [6, 6.07) is 3.04. The van der Waals surface area contributed by atoms with E-state index < -0.39 is 10.0 Å². The van der Waals surface area contributed by atoms with Crippen LogP contribution in [-0.2, 0) is 10.0 Å². The molecule has 0 spiro atoms. The van der Waals surface area contributed by atoms with Crippen LogP contribution in [0.4, 0.5) is 11.4 Å². The largest absolute Gasteiger partial charge is 0.493 e. The van der Waals surface area contributed by atoms with Gasteiger partial charge in [0, 0.05) is 12.1 Å². The molecule has 20 heavy (non-hydrogen) atoms. The molecule has 6 nitrogen and oxygen atoms in total. The van der Waals surface area contributed by atoms with Crippen LogP contribution in [0.3, 0.4) is 0 Å². The van der Waals surface area contributed by atoms with Gasteiger partial charge in [0.15, 0.2) is 11.5 Å². The minimum atomic E-state index is -3.42. The van der Waals surface area contributed by atoms with Gasteiger partial charge in [-0.05, 0) is 12.3 Å². The highest BCUT2D eigenvalue weighted by Gasteiger charge is 2.16. The van der Waals surface area contributed by atoms with E-state index in [9.17, 15) is 8.42 Å². The van der Waals surface area contributed by atoms with Crippen molar-refractivity contribution in [1.29, 1.82) is 0 Å². The third-order valence-electron chi connectivity index (χ3n) is 2.79. The topological polar surface area (TPSA) is 90.6 Å². The molecule has 0 aromatic heterocycles. The summed E-state index contributed by atoms with van der Waals surface area (Å²) in [6.45, 7) is 3.95. The van der Waals surface area contributed by atoms with Crippen LogP contribution in [0.1, 0.15) is 20.3 Å². The van der Waals surface area contributed by atoms with Crippen LogP contribution >= 0.6 is 0 Å². The third kappa shape index (κ3) is 4.48. The molecule has 0 aliphatic carbocycles. The van der Waals surface area contributed by atoms with Gasteiger partial charge in [0.2, 0.25) is 10.0 Å². The summed E-state index contributed by atoms with van der Waals surface area (Å²) >= 11 is 0. The zero-order chi connectivity index (χ0) is 15.3. The Morgan fingerprint density at radius 3 is 2.25 bits per heavy atom. The Morgan fingerprint density at radius 2 is 1.75 bits per heavy atom. The Bertz CT molecular complexity index is 556. The molecule has 0 unspecified atom stereocenters. The van der Waals surface area contributed by atoms with Gasteiger partial charge in [-0.25, -0.2) is 8.42 Å². The van der Waals surface area contributed by atoms with Gasteiger partial charge in [-0.15, -0.1) is 0 Å². The quantitative estimate of drug-likeness (QED) is 0.752. The van der Waals surface area contributed by atoms with E-state index in [0.29, 0.717) is 29.5 Å². The molecule has 0 saturated heterocycles. The summed E-state index contributed by atoms with van der Waals surface area (Å²) in [5, 5.41) is 0. The SMILES string of the molecule is COc1cc(N)c(NS(=O)(=O)CCC(C)C)cc1OC. The molecule has 0 amide bonds. The number of nitrogen functional groups attached to an aromatic ring is 1. The number of nitrogens with one attached hydrogen (secondary N) is 1. The van der Waals surface area contributed by atoms with E-state index in [1.807, 2.05) is 13.8 Å². The fraction of sp³-hybridized carbons (Fsp3) is 0.538. The van der Waals surface area contributed by atoms with Crippen molar-refractivity contribution in [2.45, 2.75) is 20.3 Å². The minimum Gasteiger partial charge on any atom is -0.493 e. The first kappa shape index (κ1) is 16.4. The molecule has 1 rings (SSSR count). The van der Waals surface area contributed by atoms with Gasteiger partial charge >= 0.3 is 0 Å².